The van der Waals surface area contributed by atoms with Gasteiger partial charge in [0.25, 0.3) is 0 Å². The third-order valence-corrected chi connectivity index (χ3v) is 7.32. The Morgan fingerprint density at radius 2 is 1.82 bits per heavy atom. The minimum absolute atomic E-state index is 0.374. The van der Waals surface area contributed by atoms with Crippen LogP contribution in [0, 0.1) is 0 Å². The first-order valence-electron chi connectivity index (χ1n) is 8.92. The predicted octanol–water partition coefficient (Wildman–Crippen LogP) is 4.46. The lowest BCUT2D eigenvalue weighted by molar-refractivity contribution is -0.0517. The van der Waals surface area contributed by atoms with Crippen molar-refractivity contribution >= 4 is 31.8 Å². The second kappa shape index (κ2) is 9.96. The summed E-state index contributed by atoms with van der Waals surface area (Å²) in [6.07, 6.45) is 4.14. The Morgan fingerprint density at radius 1 is 1.18 bits per heavy atom. The van der Waals surface area contributed by atoms with Gasteiger partial charge in [-0.15, -0.1) is 0 Å². The number of unbranched alkanes of at least 4 members (excludes halogenated alkanes) is 1. The van der Waals surface area contributed by atoms with Gasteiger partial charge in [0, 0.05) is 29.3 Å². The zero-order valence-electron chi connectivity index (χ0n) is 15.4. The lowest BCUT2D eigenvalue weighted by Crippen LogP contribution is -2.21. The number of fused-ring (bicyclic) bond motifs is 1. The first kappa shape index (κ1) is 23.0. The van der Waals surface area contributed by atoms with Crippen molar-refractivity contribution < 1.29 is 30.9 Å². The first-order chi connectivity index (χ1) is 13.1. The van der Waals surface area contributed by atoms with E-state index in [-0.39, 0.29) is 0 Å². The van der Waals surface area contributed by atoms with E-state index < -0.39 is 15.6 Å². The molecular weight excluding hydrogens is 413 g/mol. The van der Waals surface area contributed by atoms with Crippen molar-refractivity contribution in [3.63, 3.8) is 0 Å². The molecule has 2 aromatic carbocycles. The molecule has 0 bridgehead atoms. The van der Waals surface area contributed by atoms with E-state index in [1.807, 2.05) is 0 Å². The Hall–Kier alpha value is -1.29. The molecule has 0 amide bonds. The van der Waals surface area contributed by atoms with E-state index >= 15 is 0 Å². The van der Waals surface area contributed by atoms with Gasteiger partial charge in [0.2, 0.25) is 0 Å². The Kier molecular flexibility index (Phi) is 8.18. The minimum Gasteiger partial charge on any atom is -0.741 e. The van der Waals surface area contributed by atoms with Crippen LogP contribution in [0.4, 0.5) is 13.2 Å². The summed E-state index contributed by atoms with van der Waals surface area (Å²) < 4.78 is 64.9. The van der Waals surface area contributed by atoms with Crippen LogP contribution in [0.3, 0.4) is 0 Å². The van der Waals surface area contributed by atoms with Crippen molar-refractivity contribution in [3.8, 4) is 0 Å². The van der Waals surface area contributed by atoms with Crippen molar-refractivity contribution in [3.05, 3.63) is 42.5 Å². The molecule has 156 valence electrons. The molecule has 2 unspecified atom stereocenters. The molecule has 1 heterocycles. The Balaban J connectivity index is 0.000000300. The smallest absolute Gasteiger partial charge is 0.485 e. The average Bonchev–Trinajstić information content (AvgIpc) is 3.09. The van der Waals surface area contributed by atoms with Gasteiger partial charge in [-0.25, -0.2) is 8.42 Å². The summed E-state index contributed by atoms with van der Waals surface area (Å²) in [5.74, 6) is 2.52. The zero-order valence-corrected chi connectivity index (χ0v) is 17.1. The number of halogens is 3. The summed E-state index contributed by atoms with van der Waals surface area (Å²) in [5, 5.41) is 2.81. The molecule has 3 rings (SSSR count). The first-order valence-corrected chi connectivity index (χ1v) is 11.9. The number of benzene rings is 2. The van der Waals surface area contributed by atoms with Crippen molar-refractivity contribution in [2.24, 2.45) is 0 Å². The molecule has 2 aromatic rings. The lowest BCUT2D eigenvalue weighted by atomic mass is 10.1. The van der Waals surface area contributed by atoms with Crippen molar-refractivity contribution in [2.75, 3.05) is 18.1 Å². The van der Waals surface area contributed by atoms with Gasteiger partial charge >= 0.3 is 5.51 Å². The highest BCUT2D eigenvalue weighted by atomic mass is 32.2. The van der Waals surface area contributed by atoms with Gasteiger partial charge in [0.1, 0.15) is 17.6 Å². The van der Waals surface area contributed by atoms with Crippen LogP contribution in [0.5, 0.6) is 0 Å². The molecule has 0 N–H and O–H groups in total. The molecule has 0 aliphatic carbocycles. The molecule has 0 saturated carbocycles. The maximum Gasteiger partial charge on any atom is 0.485 e. The molecule has 2 atom stereocenters. The Morgan fingerprint density at radius 3 is 2.46 bits per heavy atom. The van der Waals surface area contributed by atoms with E-state index in [2.05, 4.69) is 49.4 Å². The molecule has 1 saturated heterocycles. The van der Waals surface area contributed by atoms with E-state index in [0.717, 1.165) is 6.61 Å². The maximum atomic E-state index is 10.7. The Labute approximate surface area is 166 Å². The van der Waals surface area contributed by atoms with Crippen LogP contribution in [0.25, 0.3) is 10.8 Å². The van der Waals surface area contributed by atoms with Crippen LogP contribution in [0.1, 0.15) is 26.2 Å². The third-order valence-electron chi connectivity index (χ3n) is 4.27. The predicted molar refractivity (Wildman–Crippen MR) is 104 cm³/mol. The summed E-state index contributed by atoms with van der Waals surface area (Å²) in [7, 11) is -5.72. The molecule has 1 aliphatic rings. The topological polar surface area (TPSA) is 66.4 Å². The van der Waals surface area contributed by atoms with Crippen LogP contribution in [0.2, 0.25) is 0 Å². The fourth-order valence-corrected chi connectivity index (χ4v) is 5.43. The fraction of sp³-hybridized carbons (Fsp3) is 0.474. The highest BCUT2D eigenvalue weighted by Crippen LogP contribution is 2.30. The monoisotopic (exact) mass is 436 g/mol. The SMILES string of the molecule is CCCCOC1CC[S+](c2cccc3ccccc23)C1.O=S(=O)([O-])C(F)(F)F. The van der Waals surface area contributed by atoms with Crippen LogP contribution in [0.15, 0.2) is 47.4 Å². The van der Waals surface area contributed by atoms with E-state index in [9.17, 15) is 13.2 Å². The van der Waals surface area contributed by atoms with Gasteiger partial charge in [-0.05, 0) is 23.9 Å². The fourth-order valence-electron chi connectivity index (χ4n) is 2.84. The van der Waals surface area contributed by atoms with Crippen LogP contribution in [-0.2, 0) is 25.7 Å². The van der Waals surface area contributed by atoms with E-state index in [1.54, 1.807) is 4.90 Å². The molecule has 0 radical (unpaired) electrons. The number of hydrogen-bond acceptors (Lipinski definition) is 4. The lowest BCUT2D eigenvalue weighted by Gasteiger charge is -2.08. The van der Waals surface area contributed by atoms with Gasteiger partial charge < -0.3 is 9.29 Å². The van der Waals surface area contributed by atoms with E-state index in [0.29, 0.717) is 17.0 Å². The largest absolute Gasteiger partial charge is 0.741 e. The normalized spacial score (nSPS) is 20.0. The van der Waals surface area contributed by atoms with E-state index in [1.165, 1.54) is 41.5 Å². The number of rotatable bonds is 5. The summed E-state index contributed by atoms with van der Waals surface area (Å²) in [5.41, 5.74) is -5.65. The van der Waals surface area contributed by atoms with Gasteiger partial charge in [0.15, 0.2) is 15.0 Å². The molecule has 28 heavy (non-hydrogen) atoms. The highest BCUT2D eigenvalue weighted by molar-refractivity contribution is 7.97. The third kappa shape index (κ3) is 6.37. The maximum absolute atomic E-state index is 10.7. The molecule has 9 heteroatoms. The van der Waals surface area contributed by atoms with Crippen molar-refractivity contribution in [1.82, 2.24) is 0 Å². The standard InChI is InChI=1S/C18H23OS.CHF3O3S/c1-2-3-12-19-16-11-13-20(14-16)18-10-6-8-15-7-4-5-9-17(15)18;2-1(3,4)8(5,6)7/h4-10,16H,2-3,11-14H2,1H3;(H,5,6,7)/q+1;/p-1. The molecular formula is C19H23F3O4S2. The van der Waals surface area contributed by atoms with Gasteiger partial charge in [-0.2, -0.15) is 13.2 Å². The van der Waals surface area contributed by atoms with Crippen LogP contribution < -0.4 is 0 Å². The number of hydrogen-bond donors (Lipinski definition) is 0. The zero-order chi connectivity index (χ0) is 20.8. The van der Waals surface area contributed by atoms with Crippen molar-refractivity contribution in [1.29, 1.82) is 0 Å². The number of ether oxygens (including phenoxy) is 1. The molecule has 4 nitrogen and oxygen atoms in total. The van der Waals surface area contributed by atoms with Crippen LogP contribution >= 0.6 is 0 Å². The van der Waals surface area contributed by atoms with Gasteiger partial charge in [-0.1, -0.05) is 43.7 Å². The van der Waals surface area contributed by atoms with Crippen molar-refractivity contribution in [2.45, 2.75) is 42.7 Å². The minimum atomic E-state index is -6.09. The average molecular weight is 437 g/mol. The van der Waals surface area contributed by atoms with Crippen LogP contribution in [-0.4, -0.2) is 42.7 Å². The molecule has 1 aliphatic heterocycles. The quantitative estimate of drug-likeness (QED) is 0.300. The summed E-state index contributed by atoms with van der Waals surface area (Å²) in [6, 6.07) is 15.5. The van der Waals surface area contributed by atoms with Gasteiger partial charge in [0.05, 0.1) is 0 Å². The second-order valence-corrected chi connectivity index (χ2v) is 9.91. The molecule has 1 fully saturated rings. The summed E-state index contributed by atoms with van der Waals surface area (Å²) >= 11 is 0. The molecule has 0 aromatic heterocycles. The summed E-state index contributed by atoms with van der Waals surface area (Å²) in [4.78, 5) is 1.55. The Bertz CT molecular complexity index is 864. The second-order valence-electron chi connectivity index (χ2n) is 6.38. The van der Waals surface area contributed by atoms with Gasteiger partial charge in [-0.3, -0.25) is 0 Å². The summed E-state index contributed by atoms with van der Waals surface area (Å²) in [6.45, 7) is 3.16. The number of alkyl halides is 3. The molecule has 0 spiro atoms. The highest BCUT2D eigenvalue weighted by Gasteiger charge is 2.37. The van der Waals surface area contributed by atoms with E-state index in [4.69, 9.17) is 17.7 Å².